The largest absolute Gasteiger partial charge is 0.290 e. The Morgan fingerprint density at radius 3 is 1.56 bits per heavy atom. The molecule has 0 unspecified atom stereocenters. The van der Waals surface area contributed by atoms with Gasteiger partial charge in [0, 0.05) is 30.8 Å². The molecule has 1 saturated heterocycles. The minimum atomic E-state index is 0.166. The second kappa shape index (κ2) is 11.8. The molecule has 0 atom stereocenters. The van der Waals surface area contributed by atoms with Crippen molar-refractivity contribution in [2.45, 2.75) is 46.1 Å². The second-order valence-corrected chi connectivity index (χ2v) is 9.28. The third-order valence-corrected chi connectivity index (χ3v) is 6.34. The van der Waals surface area contributed by atoms with Crippen molar-refractivity contribution in [1.82, 2.24) is 4.90 Å². The lowest BCUT2D eigenvalue weighted by Crippen LogP contribution is -2.37. The van der Waals surface area contributed by atoms with Crippen LogP contribution < -0.4 is 0 Å². The molecule has 0 bridgehead atoms. The zero-order valence-electron chi connectivity index (χ0n) is 20.5. The van der Waals surface area contributed by atoms with E-state index >= 15 is 0 Å². The van der Waals surface area contributed by atoms with Gasteiger partial charge < -0.3 is 0 Å². The number of hydrogen-bond acceptors (Lipinski definition) is 2. The minimum absolute atomic E-state index is 0.166. The van der Waals surface area contributed by atoms with E-state index in [9.17, 15) is 4.79 Å². The number of likely N-dealkylation sites (tertiary alicyclic amines) is 1. The predicted molar refractivity (Wildman–Crippen MR) is 144 cm³/mol. The molecule has 0 N–H and O–H groups in total. The zero-order valence-corrected chi connectivity index (χ0v) is 20.5. The molecule has 174 valence electrons. The summed E-state index contributed by atoms with van der Waals surface area (Å²) in [6.45, 7) is 6.55. The number of carbonyl (C=O) groups excluding carboxylic acids is 1. The first kappa shape index (κ1) is 23.9. The molecule has 0 amide bonds. The van der Waals surface area contributed by atoms with Crippen molar-refractivity contribution in [1.29, 1.82) is 0 Å². The number of aryl methyl sites for hydroxylation is 2. The summed E-state index contributed by atoms with van der Waals surface area (Å²) in [4.78, 5) is 15.9. The van der Waals surface area contributed by atoms with E-state index in [-0.39, 0.29) is 5.78 Å². The molecule has 3 aromatic rings. The first-order valence-corrected chi connectivity index (χ1v) is 12.5. The molecule has 1 heterocycles. The average molecular weight is 450 g/mol. The van der Waals surface area contributed by atoms with Gasteiger partial charge >= 0.3 is 0 Å². The summed E-state index contributed by atoms with van der Waals surface area (Å²) < 4.78 is 0. The van der Waals surface area contributed by atoms with E-state index in [4.69, 9.17) is 0 Å². The normalized spacial score (nSPS) is 16.9. The van der Waals surface area contributed by atoms with Crippen LogP contribution in [-0.2, 0) is 24.2 Å². The molecule has 1 fully saturated rings. The molecule has 1 aliphatic rings. The molecule has 4 rings (SSSR count). The first-order valence-electron chi connectivity index (χ1n) is 12.5. The summed E-state index contributed by atoms with van der Waals surface area (Å²) in [7, 11) is 0. The fourth-order valence-corrected chi connectivity index (χ4v) is 4.60. The van der Waals surface area contributed by atoms with Crippen LogP contribution in [0.4, 0.5) is 0 Å². The van der Waals surface area contributed by atoms with E-state index in [1.54, 1.807) is 0 Å². The predicted octanol–water partition coefficient (Wildman–Crippen LogP) is 7.14. The number of hydrogen-bond donors (Lipinski definition) is 0. The van der Waals surface area contributed by atoms with Crippen LogP contribution in [-0.4, -0.2) is 23.8 Å². The van der Waals surface area contributed by atoms with Crippen LogP contribution in [0.1, 0.15) is 54.5 Å². The van der Waals surface area contributed by atoms with E-state index in [1.807, 2.05) is 6.07 Å². The van der Waals surface area contributed by atoms with E-state index in [0.717, 1.165) is 54.5 Å². The Morgan fingerprint density at radius 1 is 0.647 bits per heavy atom. The Morgan fingerprint density at radius 2 is 1.12 bits per heavy atom. The number of carbonyl (C=O) groups is 1. The van der Waals surface area contributed by atoms with Gasteiger partial charge in [-0.15, -0.1) is 0 Å². The van der Waals surface area contributed by atoms with Gasteiger partial charge in [-0.05, 0) is 52.8 Å². The Hall–Kier alpha value is -3.23. The highest BCUT2D eigenvalue weighted by atomic mass is 16.1. The van der Waals surface area contributed by atoms with E-state index in [1.165, 1.54) is 16.7 Å². The number of rotatable bonds is 8. The molecular formula is C32H35NO. The van der Waals surface area contributed by atoms with Crippen molar-refractivity contribution in [3.63, 3.8) is 0 Å². The Labute approximate surface area is 204 Å². The molecule has 0 aliphatic carbocycles. The summed E-state index contributed by atoms with van der Waals surface area (Å²) >= 11 is 0. The van der Waals surface area contributed by atoms with Crippen LogP contribution in [0, 0.1) is 0 Å². The summed E-state index contributed by atoms with van der Waals surface area (Å²) in [5.41, 5.74) is 7.86. The van der Waals surface area contributed by atoms with Crippen LogP contribution in [0.15, 0.2) is 90.0 Å². The summed E-state index contributed by atoms with van der Waals surface area (Å²) in [5.74, 6) is 0.166. The van der Waals surface area contributed by atoms with Gasteiger partial charge in [-0.2, -0.15) is 0 Å². The molecule has 2 heteroatoms. The van der Waals surface area contributed by atoms with Crippen LogP contribution in [0.25, 0.3) is 12.2 Å². The van der Waals surface area contributed by atoms with Gasteiger partial charge in [-0.1, -0.05) is 106 Å². The molecular weight excluding hydrogens is 414 g/mol. The van der Waals surface area contributed by atoms with Crippen molar-refractivity contribution in [2.24, 2.45) is 0 Å². The van der Waals surface area contributed by atoms with Gasteiger partial charge in [-0.25, -0.2) is 0 Å². The number of Topliss-reactive ketones (excluding diaryl/α,β-unsaturated/α-hetero) is 1. The molecule has 0 spiro atoms. The Kier molecular flexibility index (Phi) is 8.27. The van der Waals surface area contributed by atoms with Crippen molar-refractivity contribution in [3.8, 4) is 0 Å². The summed E-state index contributed by atoms with van der Waals surface area (Å²) in [5, 5.41) is 0. The van der Waals surface area contributed by atoms with E-state index in [0.29, 0.717) is 13.1 Å². The fraction of sp³-hybridized carbons (Fsp3) is 0.281. The van der Waals surface area contributed by atoms with Gasteiger partial charge in [0.05, 0.1) is 0 Å². The smallest absolute Gasteiger partial charge is 0.187 e. The summed E-state index contributed by atoms with van der Waals surface area (Å²) in [6.07, 6.45) is 8.61. The lowest BCUT2D eigenvalue weighted by molar-refractivity contribution is -0.113. The number of nitrogens with zero attached hydrogens (tertiary/aromatic N) is 1. The molecule has 2 nitrogen and oxygen atoms in total. The number of benzene rings is 3. The zero-order chi connectivity index (χ0) is 23.8. The van der Waals surface area contributed by atoms with Gasteiger partial charge in [0.1, 0.15) is 0 Å². The average Bonchev–Trinajstić information content (AvgIpc) is 2.85. The molecule has 3 aromatic carbocycles. The van der Waals surface area contributed by atoms with Crippen LogP contribution >= 0.6 is 0 Å². The lowest BCUT2D eigenvalue weighted by Gasteiger charge is -2.30. The number of ketones is 1. The summed E-state index contributed by atoms with van der Waals surface area (Å²) in [6, 6.07) is 27.8. The van der Waals surface area contributed by atoms with Gasteiger partial charge in [-0.3, -0.25) is 9.69 Å². The third kappa shape index (κ3) is 6.42. The maximum Gasteiger partial charge on any atom is 0.187 e. The Bertz CT molecular complexity index is 1070. The van der Waals surface area contributed by atoms with Crippen LogP contribution in [0.3, 0.4) is 0 Å². The maximum atomic E-state index is 13.5. The topological polar surface area (TPSA) is 20.3 Å². The molecule has 0 saturated carbocycles. The highest BCUT2D eigenvalue weighted by Crippen LogP contribution is 2.24. The molecule has 34 heavy (non-hydrogen) atoms. The standard InChI is InChI=1S/C32H35NO/c1-3-8-25-12-16-27(17-13-25)20-30-23-33(22-29-10-6-5-7-11-29)24-31(32(30)34)21-28-18-14-26(9-4-2)15-19-28/h5-7,10-21H,3-4,8-9,22-24H2,1-2H3/b30-20+,31-21+. The van der Waals surface area contributed by atoms with Gasteiger partial charge in [0.15, 0.2) is 5.78 Å². The fourth-order valence-electron chi connectivity index (χ4n) is 4.60. The van der Waals surface area contributed by atoms with E-state index in [2.05, 4.69) is 104 Å². The van der Waals surface area contributed by atoms with Crippen molar-refractivity contribution in [2.75, 3.05) is 13.1 Å². The Balaban J connectivity index is 1.62. The second-order valence-electron chi connectivity index (χ2n) is 9.28. The highest BCUT2D eigenvalue weighted by molar-refractivity contribution is 6.14. The van der Waals surface area contributed by atoms with Crippen LogP contribution in [0.2, 0.25) is 0 Å². The van der Waals surface area contributed by atoms with Gasteiger partial charge in [0.2, 0.25) is 0 Å². The third-order valence-electron chi connectivity index (χ3n) is 6.34. The number of piperidine rings is 1. The SMILES string of the molecule is CCCc1ccc(/C=C2\CN(Cc3ccccc3)C/C(=C\c3ccc(CCC)cc3)C2=O)cc1. The quantitative estimate of drug-likeness (QED) is 0.341. The maximum absolute atomic E-state index is 13.5. The monoisotopic (exact) mass is 449 g/mol. The van der Waals surface area contributed by atoms with Crippen molar-refractivity contribution < 1.29 is 4.79 Å². The van der Waals surface area contributed by atoms with Crippen molar-refractivity contribution >= 4 is 17.9 Å². The molecule has 1 aliphatic heterocycles. The highest BCUT2D eigenvalue weighted by Gasteiger charge is 2.26. The van der Waals surface area contributed by atoms with E-state index < -0.39 is 0 Å². The van der Waals surface area contributed by atoms with Crippen molar-refractivity contribution in [3.05, 3.63) is 118 Å². The van der Waals surface area contributed by atoms with Crippen LogP contribution in [0.5, 0.6) is 0 Å². The molecule has 0 aromatic heterocycles. The minimum Gasteiger partial charge on any atom is -0.290 e. The lowest BCUT2D eigenvalue weighted by atomic mass is 9.93. The van der Waals surface area contributed by atoms with Gasteiger partial charge in [0.25, 0.3) is 0 Å². The molecule has 0 radical (unpaired) electrons. The first-order chi connectivity index (χ1) is 16.6.